The van der Waals surface area contributed by atoms with E-state index in [2.05, 4.69) is 15.5 Å². The summed E-state index contributed by atoms with van der Waals surface area (Å²) in [5.74, 6) is 0.987. The molecule has 0 radical (unpaired) electrons. The molecule has 1 N–H and O–H groups in total. The van der Waals surface area contributed by atoms with Gasteiger partial charge in [-0.05, 0) is 0 Å². The van der Waals surface area contributed by atoms with E-state index in [4.69, 9.17) is 16.3 Å². The maximum atomic E-state index is 11.2. The molecule has 1 aromatic heterocycles. The van der Waals surface area contributed by atoms with Crippen LogP contribution in [0.2, 0.25) is 0 Å². The van der Waals surface area contributed by atoms with Gasteiger partial charge in [-0.1, -0.05) is 23.1 Å². The van der Waals surface area contributed by atoms with Crippen molar-refractivity contribution in [3.8, 4) is 0 Å². The number of thioether (sulfide) groups is 1. The zero-order chi connectivity index (χ0) is 11.8. The Kier molecular flexibility index (Phi) is 6.70. The third kappa shape index (κ3) is 5.11. The van der Waals surface area contributed by atoms with E-state index >= 15 is 0 Å². The topological polar surface area (TPSA) is 64.1 Å². The number of alkyl halides is 1. The molecule has 0 spiro atoms. The molecule has 0 aliphatic heterocycles. The number of nitrogens with zero attached hydrogens (tertiary/aromatic N) is 2. The highest BCUT2D eigenvalue weighted by Crippen LogP contribution is 2.25. The molecule has 0 aromatic carbocycles. The van der Waals surface area contributed by atoms with Crippen molar-refractivity contribution in [1.29, 1.82) is 0 Å². The Hall–Kier alpha value is -0.370. The van der Waals surface area contributed by atoms with E-state index in [1.165, 1.54) is 11.3 Å². The van der Waals surface area contributed by atoms with E-state index in [0.29, 0.717) is 17.6 Å². The van der Waals surface area contributed by atoms with Crippen molar-refractivity contribution in [1.82, 2.24) is 10.2 Å². The van der Waals surface area contributed by atoms with E-state index in [-0.39, 0.29) is 12.3 Å². The molecule has 0 aliphatic rings. The van der Waals surface area contributed by atoms with Crippen LogP contribution in [0.1, 0.15) is 6.42 Å². The second-order valence-electron chi connectivity index (χ2n) is 2.70. The Bertz CT molecular complexity index is 335. The van der Waals surface area contributed by atoms with Crippen molar-refractivity contribution in [3.63, 3.8) is 0 Å². The van der Waals surface area contributed by atoms with Gasteiger partial charge in [-0.15, -0.1) is 21.8 Å². The van der Waals surface area contributed by atoms with Gasteiger partial charge >= 0.3 is 0 Å². The lowest BCUT2D eigenvalue weighted by Crippen LogP contribution is -2.11. The molecule has 90 valence electrons. The van der Waals surface area contributed by atoms with Gasteiger partial charge < -0.3 is 10.1 Å². The summed E-state index contributed by atoms with van der Waals surface area (Å²) >= 11 is 8.34. The summed E-state index contributed by atoms with van der Waals surface area (Å²) in [7, 11) is 1.65. The minimum atomic E-state index is -0.139. The average Bonchev–Trinajstić information content (AvgIpc) is 2.66. The molecule has 0 saturated carbocycles. The van der Waals surface area contributed by atoms with E-state index in [1.54, 1.807) is 18.9 Å². The molecule has 16 heavy (non-hydrogen) atoms. The number of anilines is 1. The van der Waals surface area contributed by atoms with Crippen LogP contribution in [0.5, 0.6) is 0 Å². The van der Waals surface area contributed by atoms with Crippen molar-refractivity contribution in [2.75, 3.05) is 30.7 Å². The summed E-state index contributed by atoms with van der Waals surface area (Å²) in [6.45, 7) is 0.665. The van der Waals surface area contributed by atoms with Crippen LogP contribution in [-0.4, -0.2) is 41.5 Å². The van der Waals surface area contributed by atoms with Gasteiger partial charge in [0.1, 0.15) is 0 Å². The van der Waals surface area contributed by atoms with Crippen LogP contribution in [0.4, 0.5) is 5.13 Å². The van der Waals surface area contributed by atoms with Crippen molar-refractivity contribution >= 4 is 45.7 Å². The summed E-state index contributed by atoms with van der Waals surface area (Å²) in [6.07, 6.45) is 0.285. The number of methoxy groups -OCH3 is 1. The van der Waals surface area contributed by atoms with E-state index < -0.39 is 0 Å². The van der Waals surface area contributed by atoms with Crippen LogP contribution in [-0.2, 0) is 9.53 Å². The molecular formula is C8H12ClN3O2S2. The van der Waals surface area contributed by atoms with Crippen molar-refractivity contribution in [3.05, 3.63) is 0 Å². The second-order valence-corrected chi connectivity index (χ2v) is 5.40. The lowest BCUT2D eigenvalue weighted by molar-refractivity contribution is -0.115. The van der Waals surface area contributed by atoms with Crippen molar-refractivity contribution in [2.24, 2.45) is 0 Å². The van der Waals surface area contributed by atoms with E-state index in [1.807, 2.05) is 0 Å². The molecule has 0 aliphatic carbocycles. The number of hydrogen-bond acceptors (Lipinski definition) is 6. The number of amides is 1. The third-order valence-electron chi connectivity index (χ3n) is 1.49. The maximum absolute atomic E-state index is 11.2. The van der Waals surface area contributed by atoms with Crippen molar-refractivity contribution < 1.29 is 9.53 Å². The fourth-order valence-electron chi connectivity index (χ4n) is 0.799. The first kappa shape index (κ1) is 13.7. The first-order chi connectivity index (χ1) is 7.76. The van der Waals surface area contributed by atoms with Crippen LogP contribution in [0.25, 0.3) is 0 Å². The number of carbonyl (C=O) groups is 1. The minimum absolute atomic E-state index is 0.139. The van der Waals surface area contributed by atoms with Crippen LogP contribution in [0.15, 0.2) is 4.34 Å². The number of rotatable bonds is 7. The molecule has 0 fully saturated rings. The fraction of sp³-hybridized carbons (Fsp3) is 0.625. The maximum Gasteiger partial charge on any atom is 0.227 e. The van der Waals surface area contributed by atoms with Crippen LogP contribution >= 0.6 is 34.7 Å². The van der Waals surface area contributed by atoms with Crippen LogP contribution in [0.3, 0.4) is 0 Å². The number of hydrogen-bond donors (Lipinski definition) is 1. The quantitative estimate of drug-likeness (QED) is 0.358. The lowest BCUT2D eigenvalue weighted by atomic mass is 10.5. The Labute approximate surface area is 107 Å². The smallest absolute Gasteiger partial charge is 0.227 e. The predicted octanol–water partition coefficient (Wildman–Crippen LogP) is 1.84. The van der Waals surface area contributed by atoms with Crippen molar-refractivity contribution in [2.45, 2.75) is 10.8 Å². The first-order valence-electron chi connectivity index (χ1n) is 4.57. The highest BCUT2D eigenvalue weighted by molar-refractivity contribution is 8.01. The average molecular weight is 282 g/mol. The summed E-state index contributed by atoms with van der Waals surface area (Å²) in [5.41, 5.74) is 0. The molecule has 1 amide bonds. The predicted molar refractivity (Wildman–Crippen MR) is 66.5 cm³/mol. The molecule has 0 unspecified atom stereocenters. The number of carbonyl (C=O) groups excluding carboxylic acids is 1. The third-order valence-corrected chi connectivity index (χ3v) is 3.61. The standard InChI is InChI=1S/C8H12ClN3O2S2/c1-14-4-5-15-8-12-11-7(16-8)10-6(13)2-3-9/h2-5H2,1H3,(H,10,11,13). The molecule has 5 nitrogen and oxygen atoms in total. The molecule has 0 bridgehead atoms. The number of halogens is 1. The zero-order valence-electron chi connectivity index (χ0n) is 8.73. The summed E-state index contributed by atoms with van der Waals surface area (Å²) in [5, 5.41) is 10.9. The fourth-order valence-corrected chi connectivity index (χ4v) is 2.71. The van der Waals surface area contributed by atoms with Gasteiger partial charge in [0.25, 0.3) is 0 Å². The Morgan fingerprint density at radius 3 is 3.12 bits per heavy atom. The Morgan fingerprint density at radius 2 is 2.44 bits per heavy atom. The molecular weight excluding hydrogens is 270 g/mol. The molecule has 0 atom stereocenters. The lowest BCUT2D eigenvalue weighted by Gasteiger charge is -1.96. The number of aromatic nitrogens is 2. The largest absolute Gasteiger partial charge is 0.384 e. The number of nitrogens with one attached hydrogen (secondary N) is 1. The molecule has 8 heteroatoms. The van der Waals surface area contributed by atoms with E-state index in [0.717, 1.165) is 10.1 Å². The highest BCUT2D eigenvalue weighted by Gasteiger charge is 2.07. The number of ether oxygens (including phenoxy) is 1. The molecule has 0 saturated heterocycles. The minimum Gasteiger partial charge on any atom is -0.384 e. The first-order valence-corrected chi connectivity index (χ1v) is 6.91. The van der Waals surface area contributed by atoms with Gasteiger partial charge in [-0.3, -0.25) is 4.79 Å². The normalized spacial score (nSPS) is 10.4. The summed E-state index contributed by atoms with van der Waals surface area (Å²) in [4.78, 5) is 11.2. The Balaban J connectivity index is 2.36. The molecule has 1 aromatic rings. The van der Waals surface area contributed by atoms with Gasteiger partial charge in [-0.2, -0.15) is 0 Å². The van der Waals surface area contributed by atoms with Gasteiger partial charge in [0.2, 0.25) is 11.0 Å². The zero-order valence-corrected chi connectivity index (χ0v) is 11.1. The summed E-state index contributed by atoms with van der Waals surface area (Å²) in [6, 6.07) is 0. The summed E-state index contributed by atoms with van der Waals surface area (Å²) < 4.78 is 5.74. The second kappa shape index (κ2) is 7.83. The molecule has 1 rings (SSSR count). The van der Waals surface area contributed by atoms with Gasteiger partial charge in [0, 0.05) is 25.2 Å². The highest BCUT2D eigenvalue weighted by atomic mass is 35.5. The van der Waals surface area contributed by atoms with Gasteiger partial charge in [0.15, 0.2) is 4.34 Å². The van der Waals surface area contributed by atoms with Crippen LogP contribution in [0, 0.1) is 0 Å². The molecule has 1 heterocycles. The monoisotopic (exact) mass is 281 g/mol. The van der Waals surface area contributed by atoms with Gasteiger partial charge in [-0.25, -0.2) is 0 Å². The SMILES string of the molecule is COCCSc1nnc(NC(=O)CCCl)s1. The van der Waals surface area contributed by atoms with Crippen LogP contribution < -0.4 is 5.32 Å². The van der Waals surface area contributed by atoms with E-state index in [9.17, 15) is 4.79 Å². The van der Waals surface area contributed by atoms with Gasteiger partial charge in [0.05, 0.1) is 6.61 Å². The Morgan fingerprint density at radius 1 is 1.62 bits per heavy atom.